The molecule has 1 fully saturated rings. The predicted molar refractivity (Wildman–Crippen MR) is 73.6 cm³/mol. The Kier molecular flexibility index (Phi) is 4.23. The van der Waals surface area contributed by atoms with E-state index in [9.17, 15) is 0 Å². The summed E-state index contributed by atoms with van der Waals surface area (Å²) in [6, 6.07) is 4.55. The molecule has 0 saturated carbocycles. The van der Waals surface area contributed by atoms with Gasteiger partial charge in [0.15, 0.2) is 0 Å². The smallest absolute Gasteiger partial charge is 0.0808 e. The summed E-state index contributed by atoms with van der Waals surface area (Å²) < 4.78 is 5.91. The minimum atomic E-state index is -0.116. The van der Waals surface area contributed by atoms with Crippen molar-refractivity contribution in [3.8, 4) is 0 Å². The molecule has 1 aliphatic rings. The zero-order chi connectivity index (χ0) is 12.3. The van der Waals surface area contributed by atoms with Gasteiger partial charge in [-0.2, -0.15) is 0 Å². The molecule has 0 amide bonds. The number of thiophene rings is 1. The number of nitrogens with two attached hydrogens (primary N) is 1. The lowest BCUT2D eigenvalue weighted by molar-refractivity contribution is -0.0807. The minimum Gasteiger partial charge on any atom is -0.374 e. The van der Waals surface area contributed by atoms with E-state index in [1.165, 1.54) is 22.6 Å². The van der Waals surface area contributed by atoms with Crippen LogP contribution < -0.4 is 5.73 Å². The predicted octanol–water partition coefficient (Wildman–Crippen LogP) is 3.14. The number of hydrogen-bond acceptors (Lipinski definition) is 3. The highest BCUT2D eigenvalue weighted by molar-refractivity contribution is 7.11. The second-order valence-corrected chi connectivity index (χ2v) is 6.40. The van der Waals surface area contributed by atoms with Crippen LogP contribution in [0.4, 0.5) is 0 Å². The highest BCUT2D eigenvalue weighted by atomic mass is 32.1. The third-order valence-electron chi connectivity index (χ3n) is 3.77. The topological polar surface area (TPSA) is 35.2 Å². The first kappa shape index (κ1) is 13.1. The van der Waals surface area contributed by atoms with Crippen molar-refractivity contribution in [1.29, 1.82) is 0 Å². The van der Waals surface area contributed by atoms with Crippen LogP contribution in [0.1, 0.15) is 42.9 Å². The second-order valence-electron chi connectivity index (χ2n) is 5.15. The number of aryl methyl sites for hydroxylation is 1. The van der Waals surface area contributed by atoms with Crippen LogP contribution in [-0.2, 0) is 17.6 Å². The molecule has 2 N–H and O–H groups in total. The number of hydrogen-bond donors (Lipinski definition) is 1. The molecule has 3 heteroatoms. The van der Waals surface area contributed by atoms with Gasteiger partial charge < -0.3 is 10.5 Å². The molecule has 1 saturated heterocycles. The maximum Gasteiger partial charge on any atom is 0.0808 e. The van der Waals surface area contributed by atoms with E-state index in [0.717, 1.165) is 25.9 Å². The van der Waals surface area contributed by atoms with E-state index < -0.39 is 0 Å². The molecule has 0 radical (unpaired) electrons. The third kappa shape index (κ3) is 3.09. The molecule has 0 spiro atoms. The Bertz CT molecular complexity index is 355. The molecule has 0 bridgehead atoms. The summed E-state index contributed by atoms with van der Waals surface area (Å²) in [5.74, 6) is 0. The average Bonchev–Trinajstić information content (AvgIpc) is 2.78. The van der Waals surface area contributed by atoms with Crippen molar-refractivity contribution < 1.29 is 4.74 Å². The Balaban J connectivity index is 1.97. The lowest BCUT2D eigenvalue weighted by Gasteiger charge is -2.38. The average molecular weight is 253 g/mol. The first-order valence-corrected chi connectivity index (χ1v) is 7.43. The molecule has 2 unspecified atom stereocenters. The fourth-order valence-corrected chi connectivity index (χ4v) is 3.42. The van der Waals surface area contributed by atoms with Gasteiger partial charge in [0.05, 0.1) is 5.60 Å². The third-order valence-corrected chi connectivity index (χ3v) is 5.02. The van der Waals surface area contributed by atoms with Crippen molar-refractivity contribution in [2.24, 2.45) is 5.73 Å². The van der Waals surface area contributed by atoms with Crippen LogP contribution in [0.5, 0.6) is 0 Å². The van der Waals surface area contributed by atoms with Gasteiger partial charge in [0, 0.05) is 22.4 Å². The van der Waals surface area contributed by atoms with Crippen LogP contribution in [0.2, 0.25) is 0 Å². The Morgan fingerprint density at radius 1 is 1.41 bits per heavy atom. The van der Waals surface area contributed by atoms with Crippen molar-refractivity contribution in [2.75, 3.05) is 6.61 Å². The first-order chi connectivity index (χ1) is 8.14. The van der Waals surface area contributed by atoms with Crippen LogP contribution in [0, 0.1) is 0 Å². The minimum absolute atomic E-state index is 0.116. The molecule has 1 aromatic rings. The van der Waals surface area contributed by atoms with E-state index in [1.807, 2.05) is 11.3 Å². The first-order valence-electron chi connectivity index (χ1n) is 6.61. The standard InChI is InChI=1S/C14H23NOS/c1-3-11-6-7-12(17-11)10-13(15)14(2)8-4-5-9-16-14/h6-7,13H,3-5,8-10,15H2,1-2H3. The van der Waals surface area contributed by atoms with Crippen molar-refractivity contribution >= 4 is 11.3 Å². The maximum atomic E-state index is 6.35. The summed E-state index contributed by atoms with van der Waals surface area (Å²) in [5, 5.41) is 0. The van der Waals surface area contributed by atoms with E-state index in [-0.39, 0.29) is 11.6 Å². The molecule has 2 rings (SSSR count). The van der Waals surface area contributed by atoms with E-state index >= 15 is 0 Å². The van der Waals surface area contributed by atoms with Gasteiger partial charge >= 0.3 is 0 Å². The Morgan fingerprint density at radius 3 is 2.76 bits per heavy atom. The van der Waals surface area contributed by atoms with Gasteiger partial charge in [-0.05, 0) is 51.2 Å². The van der Waals surface area contributed by atoms with Gasteiger partial charge in [-0.3, -0.25) is 0 Å². The molecule has 2 heterocycles. The lowest BCUT2D eigenvalue weighted by Crippen LogP contribution is -2.50. The summed E-state index contributed by atoms with van der Waals surface area (Å²) >= 11 is 1.89. The van der Waals surface area contributed by atoms with Crippen LogP contribution in [0.15, 0.2) is 12.1 Å². The van der Waals surface area contributed by atoms with Crippen LogP contribution in [0.3, 0.4) is 0 Å². The lowest BCUT2D eigenvalue weighted by atomic mass is 9.87. The highest BCUT2D eigenvalue weighted by Gasteiger charge is 2.34. The molecule has 0 aliphatic carbocycles. The zero-order valence-corrected chi connectivity index (χ0v) is 11.7. The van der Waals surface area contributed by atoms with E-state index in [2.05, 4.69) is 26.0 Å². The van der Waals surface area contributed by atoms with Crippen molar-refractivity contribution in [3.63, 3.8) is 0 Å². The maximum absolute atomic E-state index is 6.35. The van der Waals surface area contributed by atoms with Crippen molar-refractivity contribution in [1.82, 2.24) is 0 Å². The number of ether oxygens (including phenoxy) is 1. The molecule has 0 aromatic carbocycles. The molecule has 17 heavy (non-hydrogen) atoms. The Hall–Kier alpha value is -0.380. The van der Waals surface area contributed by atoms with Crippen molar-refractivity contribution in [2.45, 2.75) is 57.6 Å². The largest absolute Gasteiger partial charge is 0.374 e. The summed E-state index contributed by atoms with van der Waals surface area (Å²) in [5.41, 5.74) is 6.23. The summed E-state index contributed by atoms with van der Waals surface area (Å²) in [6.07, 6.45) is 5.59. The van der Waals surface area contributed by atoms with Gasteiger partial charge in [-0.25, -0.2) is 0 Å². The zero-order valence-electron chi connectivity index (χ0n) is 10.9. The number of rotatable bonds is 4. The van der Waals surface area contributed by atoms with Crippen LogP contribution in [-0.4, -0.2) is 18.2 Å². The van der Waals surface area contributed by atoms with Crippen LogP contribution >= 0.6 is 11.3 Å². The van der Waals surface area contributed by atoms with Gasteiger partial charge in [-0.1, -0.05) is 6.92 Å². The van der Waals surface area contributed by atoms with E-state index in [0.29, 0.717) is 0 Å². The van der Waals surface area contributed by atoms with E-state index in [4.69, 9.17) is 10.5 Å². The highest BCUT2D eigenvalue weighted by Crippen LogP contribution is 2.29. The Morgan fingerprint density at radius 2 is 2.18 bits per heavy atom. The van der Waals surface area contributed by atoms with E-state index in [1.54, 1.807) is 0 Å². The van der Waals surface area contributed by atoms with Gasteiger partial charge in [0.1, 0.15) is 0 Å². The fraction of sp³-hybridized carbons (Fsp3) is 0.714. The molecular formula is C14H23NOS. The molecule has 96 valence electrons. The normalized spacial score (nSPS) is 27.0. The molecule has 1 aliphatic heterocycles. The molecule has 2 nitrogen and oxygen atoms in total. The summed E-state index contributed by atoms with van der Waals surface area (Å²) in [7, 11) is 0. The Labute approximate surface area is 108 Å². The van der Waals surface area contributed by atoms with Crippen molar-refractivity contribution in [3.05, 3.63) is 21.9 Å². The fourth-order valence-electron chi connectivity index (χ4n) is 2.40. The van der Waals surface area contributed by atoms with Crippen LogP contribution in [0.25, 0.3) is 0 Å². The molecule has 1 aromatic heterocycles. The quantitative estimate of drug-likeness (QED) is 0.894. The van der Waals surface area contributed by atoms with Gasteiger partial charge in [0.25, 0.3) is 0 Å². The summed E-state index contributed by atoms with van der Waals surface area (Å²) in [4.78, 5) is 2.84. The van der Waals surface area contributed by atoms with Gasteiger partial charge in [0.2, 0.25) is 0 Å². The monoisotopic (exact) mass is 253 g/mol. The molecule has 2 atom stereocenters. The second kappa shape index (κ2) is 5.51. The SMILES string of the molecule is CCc1ccc(CC(N)C2(C)CCCCO2)s1. The molecular weight excluding hydrogens is 230 g/mol. The van der Waals surface area contributed by atoms with Gasteiger partial charge in [-0.15, -0.1) is 11.3 Å². The summed E-state index contributed by atoms with van der Waals surface area (Å²) in [6.45, 7) is 5.24.